The molecule has 1 aliphatic rings. The van der Waals surface area contributed by atoms with Gasteiger partial charge in [-0.1, -0.05) is 12.1 Å². The number of halogens is 2. The lowest BCUT2D eigenvalue weighted by Gasteiger charge is -2.36. The summed E-state index contributed by atoms with van der Waals surface area (Å²) in [6, 6.07) is 10.0. The lowest BCUT2D eigenvalue weighted by atomic mass is 10.1. The minimum atomic E-state index is -0.222. The van der Waals surface area contributed by atoms with Gasteiger partial charge in [-0.2, -0.15) is 0 Å². The molecule has 0 saturated carbocycles. The lowest BCUT2D eigenvalue weighted by molar-refractivity contribution is 0.0657. The summed E-state index contributed by atoms with van der Waals surface area (Å²) >= 11 is 0. The summed E-state index contributed by atoms with van der Waals surface area (Å²) in [6.45, 7) is 6.03. The molecule has 1 N–H and O–H groups in total. The molecule has 1 fully saturated rings. The normalized spacial score (nSPS) is 14.6. The molecule has 1 aromatic carbocycles. The number of carbonyl (C=O) groups is 1. The molecular formula is C20H26FIN4O2. The number of benzene rings is 1. The number of furan rings is 1. The summed E-state index contributed by atoms with van der Waals surface area (Å²) < 4.78 is 18.5. The Morgan fingerprint density at radius 3 is 2.57 bits per heavy atom. The molecule has 2 aromatic rings. The first-order valence-electron chi connectivity index (χ1n) is 9.28. The first-order chi connectivity index (χ1) is 13.2. The number of rotatable bonds is 5. The van der Waals surface area contributed by atoms with Crippen molar-refractivity contribution in [2.75, 3.05) is 39.3 Å². The van der Waals surface area contributed by atoms with Crippen molar-refractivity contribution in [3.8, 4) is 0 Å². The van der Waals surface area contributed by atoms with Gasteiger partial charge in [-0.3, -0.25) is 9.79 Å². The van der Waals surface area contributed by atoms with Crippen molar-refractivity contribution in [2.24, 2.45) is 4.99 Å². The number of hydrogen-bond acceptors (Lipinski definition) is 3. The lowest BCUT2D eigenvalue weighted by Crippen LogP contribution is -2.53. The predicted octanol–water partition coefficient (Wildman–Crippen LogP) is 3.00. The van der Waals surface area contributed by atoms with Crippen molar-refractivity contribution in [1.29, 1.82) is 0 Å². The maximum absolute atomic E-state index is 13.3. The van der Waals surface area contributed by atoms with Crippen LogP contribution in [-0.4, -0.2) is 60.9 Å². The van der Waals surface area contributed by atoms with Gasteiger partial charge in [-0.05, 0) is 43.2 Å². The van der Waals surface area contributed by atoms with Crippen LogP contribution < -0.4 is 5.32 Å². The van der Waals surface area contributed by atoms with Gasteiger partial charge in [0.05, 0.1) is 6.26 Å². The maximum atomic E-state index is 13.3. The van der Waals surface area contributed by atoms with E-state index in [0.717, 1.165) is 18.1 Å². The standard InChI is InChI=1S/C20H25FN4O2.HI/c1-2-22-20(23-9-8-16-5-3-6-17(21)15-16)25-12-10-24(11-13-25)19(26)18-7-4-14-27-18;/h3-7,14-15H,2,8-13H2,1H3,(H,22,23);1H. The average Bonchev–Trinajstić information content (AvgIpc) is 3.22. The molecule has 1 amide bonds. The number of guanidine groups is 1. The molecular weight excluding hydrogens is 474 g/mol. The monoisotopic (exact) mass is 500 g/mol. The third-order valence-electron chi connectivity index (χ3n) is 4.48. The zero-order chi connectivity index (χ0) is 19.1. The topological polar surface area (TPSA) is 61.1 Å². The molecule has 8 heteroatoms. The van der Waals surface area contributed by atoms with Gasteiger partial charge in [0.1, 0.15) is 5.82 Å². The van der Waals surface area contributed by atoms with E-state index in [1.807, 2.05) is 13.0 Å². The zero-order valence-electron chi connectivity index (χ0n) is 15.9. The van der Waals surface area contributed by atoms with Gasteiger partial charge in [0.25, 0.3) is 5.91 Å². The Balaban J connectivity index is 0.00000280. The van der Waals surface area contributed by atoms with Crippen LogP contribution >= 0.6 is 24.0 Å². The quantitative estimate of drug-likeness (QED) is 0.390. The van der Waals surface area contributed by atoms with Crippen molar-refractivity contribution >= 4 is 35.8 Å². The fraction of sp³-hybridized carbons (Fsp3) is 0.400. The predicted molar refractivity (Wildman–Crippen MR) is 118 cm³/mol. The summed E-state index contributed by atoms with van der Waals surface area (Å²) in [5.74, 6) is 0.909. The maximum Gasteiger partial charge on any atom is 0.289 e. The fourth-order valence-corrected chi connectivity index (χ4v) is 3.09. The summed E-state index contributed by atoms with van der Waals surface area (Å²) in [7, 11) is 0. The number of piperazine rings is 1. The van der Waals surface area contributed by atoms with Crippen molar-refractivity contribution in [2.45, 2.75) is 13.3 Å². The van der Waals surface area contributed by atoms with Crippen molar-refractivity contribution < 1.29 is 13.6 Å². The second kappa shape index (κ2) is 11.0. The van der Waals surface area contributed by atoms with E-state index in [1.165, 1.54) is 12.3 Å². The van der Waals surface area contributed by atoms with Gasteiger partial charge in [-0.15, -0.1) is 24.0 Å². The Kier molecular flexibility index (Phi) is 8.75. The third-order valence-corrected chi connectivity index (χ3v) is 4.48. The third kappa shape index (κ3) is 5.95. The van der Waals surface area contributed by atoms with Crippen LogP contribution in [0, 0.1) is 5.82 Å². The highest BCUT2D eigenvalue weighted by Crippen LogP contribution is 2.10. The second-order valence-corrected chi connectivity index (χ2v) is 6.37. The zero-order valence-corrected chi connectivity index (χ0v) is 18.3. The number of aliphatic imine (C=N–C) groups is 1. The molecule has 0 aliphatic carbocycles. The van der Waals surface area contributed by atoms with Gasteiger partial charge in [0.2, 0.25) is 0 Å². The molecule has 0 unspecified atom stereocenters. The van der Waals surface area contributed by atoms with Crippen LogP contribution in [-0.2, 0) is 6.42 Å². The summed E-state index contributed by atoms with van der Waals surface area (Å²) in [6.07, 6.45) is 2.20. The number of carbonyl (C=O) groups excluding carboxylic acids is 1. The smallest absolute Gasteiger partial charge is 0.289 e. The molecule has 0 atom stereocenters. The van der Waals surface area contributed by atoms with Crippen molar-refractivity contribution in [1.82, 2.24) is 15.1 Å². The molecule has 1 saturated heterocycles. The van der Waals surface area contributed by atoms with Crippen LogP contribution in [0.1, 0.15) is 23.0 Å². The molecule has 2 heterocycles. The van der Waals surface area contributed by atoms with Crippen molar-refractivity contribution in [3.05, 3.63) is 59.8 Å². The van der Waals surface area contributed by atoms with Crippen LogP contribution in [0.4, 0.5) is 4.39 Å². The van der Waals surface area contributed by atoms with E-state index < -0.39 is 0 Å². The van der Waals surface area contributed by atoms with Gasteiger partial charge < -0.3 is 19.5 Å². The van der Waals surface area contributed by atoms with Gasteiger partial charge in [0, 0.05) is 39.3 Å². The molecule has 152 valence electrons. The molecule has 0 bridgehead atoms. The van der Waals surface area contributed by atoms with Crippen LogP contribution in [0.2, 0.25) is 0 Å². The minimum Gasteiger partial charge on any atom is -0.459 e. The average molecular weight is 500 g/mol. The van der Waals surface area contributed by atoms with E-state index >= 15 is 0 Å². The van der Waals surface area contributed by atoms with Crippen LogP contribution in [0.3, 0.4) is 0 Å². The number of amides is 1. The largest absolute Gasteiger partial charge is 0.459 e. The van der Waals surface area contributed by atoms with Gasteiger partial charge in [-0.25, -0.2) is 4.39 Å². The summed E-state index contributed by atoms with van der Waals surface area (Å²) in [5.41, 5.74) is 0.934. The SMILES string of the molecule is CCNC(=NCCc1cccc(F)c1)N1CCN(C(=O)c2ccco2)CC1.I. The summed E-state index contributed by atoms with van der Waals surface area (Å²) in [4.78, 5) is 21.0. The van der Waals surface area contributed by atoms with Crippen molar-refractivity contribution in [3.63, 3.8) is 0 Å². The number of nitrogens with one attached hydrogen (secondary N) is 1. The second-order valence-electron chi connectivity index (χ2n) is 6.37. The Morgan fingerprint density at radius 1 is 1.18 bits per heavy atom. The van der Waals surface area contributed by atoms with E-state index in [9.17, 15) is 9.18 Å². The van der Waals surface area contributed by atoms with E-state index in [0.29, 0.717) is 44.9 Å². The fourth-order valence-electron chi connectivity index (χ4n) is 3.09. The highest BCUT2D eigenvalue weighted by molar-refractivity contribution is 14.0. The number of hydrogen-bond donors (Lipinski definition) is 1. The van der Waals surface area contributed by atoms with Crippen LogP contribution in [0.25, 0.3) is 0 Å². The number of nitrogens with zero attached hydrogens (tertiary/aromatic N) is 3. The van der Waals surface area contributed by atoms with E-state index in [2.05, 4.69) is 15.2 Å². The van der Waals surface area contributed by atoms with Crippen LogP contribution in [0.15, 0.2) is 52.1 Å². The Labute approximate surface area is 181 Å². The Bertz CT molecular complexity index is 774. The Hall–Kier alpha value is -2.10. The molecule has 28 heavy (non-hydrogen) atoms. The molecule has 6 nitrogen and oxygen atoms in total. The molecule has 1 aromatic heterocycles. The molecule has 0 spiro atoms. The molecule has 0 radical (unpaired) electrons. The summed E-state index contributed by atoms with van der Waals surface area (Å²) in [5, 5.41) is 3.30. The molecule has 3 rings (SSSR count). The molecule has 1 aliphatic heterocycles. The van der Waals surface area contributed by atoms with E-state index in [1.54, 1.807) is 29.2 Å². The first kappa shape index (κ1) is 22.2. The first-order valence-corrected chi connectivity index (χ1v) is 9.28. The van der Waals surface area contributed by atoms with Gasteiger partial charge in [0.15, 0.2) is 11.7 Å². The minimum absolute atomic E-state index is 0. The van der Waals surface area contributed by atoms with E-state index in [4.69, 9.17) is 4.42 Å². The van der Waals surface area contributed by atoms with Crippen LogP contribution in [0.5, 0.6) is 0 Å². The Morgan fingerprint density at radius 2 is 1.93 bits per heavy atom. The van der Waals surface area contributed by atoms with E-state index in [-0.39, 0.29) is 35.7 Å². The van der Waals surface area contributed by atoms with Gasteiger partial charge >= 0.3 is 0 Å². The highest BCUT2D eigenvalue weighted by Gasteiger charge is 2.25. The highest BCUT2D eigenvalue weighted by atomic mass is 127.